The van der Waals surface area contributed by atoms with Crippen LogP contribution in [0.15, 0.2) is 0 Å². The summed E-state index contributed by atoms with van der Waals surface area (Å²) in [4.78, 5) is 33.1. The molecule has 0 rings (SSSR count). The Bertz CT molecular complexity index is 310. The third-order valence-corrected chi connectivity index (χ3v) is 3.41. The molecule has 0 aromatic heterocycles. The molecule has 0 spiro atoms. The van der Waals surface area contributed by atoms with E-state index in [1.165, 1.54) is 95.8 Å². The maximum atomic E-state index is 8.69. The van der Waals surface area contributed by atoms with E-state index in [2.05, 4.69) is 6.92 Å². The van der Waals surface area contributed by atoms with Gasteiger partial charge in [-0.25, -0.2) is 0 Å². The molecule has 0 aromatic carbocycles. The topological polar surface area (TPSA) is 170 Å². The molecule has 0 fully saturated rings. The van der Waals surface area contributed by atoms with Gasteiger partial charge >= 0.3 is 143 Å². The van der Waals surface area contributed by atoms with Crippen LogP contribution < -0.4 is 14.4 Å². The first-order valence-electron chi connectivity index (χ1n) is 7.92. The fourth-order valence-electron chi connectivity index (χ4n) is 1.74. The first-order chi connectivity index (χ1) is 10.4. The van der Waals surface area contributed by atoms with Crippen LogP contribution in [-0.2, 0) is 10.4 Å². The van der Waals surface area contributed by atoms with Gasteiger partial charge in [-0.1, -0.05) is 0 Å². The zero-order valence-electron chi connectivity index (χ0n) is 15.3. The molecule has 0 heterocycles. The third kappa shape index (κ3) is 103. The van der Waals surface area contributed by atoms with Crippen molar-refractivity contribution in [2.75, 3.05) is 0 Å². The normalized spacial score (nSPS) is 10.3. The van der Waals surface area contributed by atoms with Gasteiger partial charge in [0, 0.05) is 10.4 Å². The van der Waals surface area contributed by atoms with Crippen LogP contribution in [0.25, 0.3) is 0 Å². The zero-order chi connectivity index (χ0) is 18.8. The Kier molecular flexibility index (Phi) is 39.8. The summed E-state index contributed by atoms with van der Waals surface area (Å²) in [6.45, 7) is 2.29. The van der Waals surface area contributed by atoms with Crippen molar-refractivity contribution in [3.8, 4) is 0 Å². The van der Waals surface area contributed by atoms with Crippen molar-refractivity contribution in [1.29, 1.82) is 0 Å². The fraction of sp³-hybridized carbons (Fsp3) is 1.00. The van der Waals surface area contributed by atoms with E-state index in [1.54, 1.807) is 0 Å². The van der Waals surface area contributed by atoms with Crippen molar-refractivity contribution in [3.63, 3.8) is 0 Å². The van der Waals surface area contributed by atoms with Crippen LogP contribution in [0.4, 0.5) is 0 Å². The van der Waals surface area contributed by atoms with E-state index in [4.69, 9.17) is 36.7 Å². The molecule has 0 saturated heterocycles. The molecule has 138 valence electrons. The van der Waals surface area contributed by atoms with Gasteiger partial charge in [-0.2, -0.15) is 0 Å². The first kappa shape index (κ1) is 37.9. The van der Waals surface area contributed by atoms with Crippen molar-refractivity contribution in [1.82, 2.24) is 0 Å². The van der Waals surface area contributed by atoms with E-state index in [0.29, 0.717) is 0 Å². The second-order valence-corrected chi connectivity index (χ2v) is 7.98. The van der Waals surface area contributed by atoms with E-state index in [1.807, 2.05) is 0 Å². The van der Waals surface area contributed by atoms with Crippen molar-refractivity contribution in [3.05, 3.63) is 0 Å². The van der Waals surface area contributed by atoms with Crippen LogP contribution in [0, 0.1) is 0 Å². The van der Waals surface area contributed by atoms with Gasteiger partial charge in [-0.15, -0.1) is 9.05 Å². The molecule has 13 heteroatoms. The molecule has 0 radical (unpaired) electrons. The van der Waals surface area contributed by atoms with Gasteiger partial charge in [0.05, 0.1) is 0 Å². The van der Waals surface area contributed by atoms with E-state index < -0.39 is 19.4 Å². The standard InChI is InChI=1S/C12H25.Al.Mg.Na.H2O4S.HO4Si/c1-3-5-7-9-11-12-10-8-6-4-2;;;;2*1-5(2,3)4/h1,3-12H2,2H3;;;;(H2,1,2,3,4);1H/q;+3;+2;;;-3/p-2. The van der Waals surface area contributed by atoms with Crippen molar-refractivity contribution < 1.29 is 36.7 Å². The van der Waals surface area contributed by atoms with Crippen molar-refractivity contribution in [2.24, 2.45) is 0 Å². The number of unbranched alkanes of at least 4 members (excludes halogenated alkanes) is 9. The summed E-state index contributed by atoms with van der Waals surface area (Å²) >= 11 is 1.41. The van der Waals surface area contributed by atoms with Gasteiger partial charge in [-0.3, -0.25) is 8.42 Å². The molecule has 0 aliphatic heterocycles. The Balaban J connectivity index is -0.0000000933. The summed E-state index contributed by atoms with van der Waals surface area (Å²) < 4.78 is 35.6. The second-order valence-electron chi connectivity index (χ2n) is 5.11. The minimum Gasteiger partial charge on any atom is -0.861 e. The predicted molar refractivity (Wildman–Crippen MR) is 92.4 cm³/mol. The van der Waals surface area contributed by atoms with E-state index in [0.717, 1.165) is 0 Å². The van der Waals surface area contributed by atoms with Crippen LogP contribution in [0.5, 0.6) is 0 Å². The van der Waals surface area contributed by atoms with Gasteiger partial charge < -0.3 is 28.3 Å². The number of hydrogen-bond acceptors (Lipinski definition) is 8. The molecule has 1 N–H and O–H groups in total. The van der Waals surface area contributed by atoms with Crippen molar-refractivity contribution in [2.45, 2.75) is 74.8 Å². The molecular weight excluding hydrogens is 407 g/mol. The van der Waals surface area contributed by atoms with Crippen LogP contribution in [0.1, 0.15) is 71.1 Å². The van der Waals surface area contributed by atoms with Gasteiger partial charge in [-0.05, 0) is 0 Å². The first-order valence-corrected chi connectivity index (χ1v) is 12.3. The molecule has 0 saturated carbocycles. The SMILES string of the molecule is CCCCCCCCCCC[CH2][Na].O=S(=O)([O-])[O-].[Al+3].[Mg+2].[O-][Si]([O-])([O-])O. The molecule has 25 heavy (non-hydrogen) atoms. The van der Waals surface area contributed by atoms with Crippen LogP contribution in [0.3, 0.4) is 0 Å². The molecule has 0 atom stereocenters. The minimum atomic E-state index is -5.36. The van der Waals surface area contributed by atoms with Crippen LogP contribution in [-0.4, -0.2) is 99.7 Å². The van der Waals surface area contributed by atoms with Crippen LogP contribution in [0.2, 0.25) is 3.67 Å². The average Bonchev–Trinajstić information content (AvgIpc) is 2.33. The van der Waals surface area contributed by atoms with E-state index in [9.17, 15) is 0 Å². The Hall–Kier alpha value is 2.23. The largest absolute Gasteiger partial charge is 3.00 e. The average molecular weight is 433 g/mol. The summed E-state index contributed by atoms with van der Waals surface area (Å²) in [5.41, 5.74) is 0. The Morgan fingerprint density at radius 2 is 1.04 bits per heavy atom. The molecule has 8 nitrogen and oxygen atoms in total. The number of hydrogen-bond donors (Lipinski definition) is 1. The maximum absolute atomic E-state index is 8.69. The molecule has 0 aliphatic rings. The zero-order valence-corrected chi connectivity index (χ0v) is 21.7. The molecule has 0 aliphatic carbocycles. The molecular formula is C12H26AlMgNaO8SSi. The summed E-state index contributed by atoms with van der Waals surface area (Å²) in [5.74, 6) is 0. The van der Waals surface area contributed by atoms with Gasteiger partial charge in [0.1, 0.15) is 0 Å². The van der Waals surface area contributed by atoms with Crippen molar-refractivity contribution >= 4 is 87.8 Å². The van der Waals surface area contributed by atoms with Gasteiger partial charge in [0.25, 0.3) is 0 Å². The van der Waals surface area contributed by atoms with Crippen LogP contribution >= 0.6 is 0 Å². The monoisotopic (exact) mass is 432 g/mol. The third-order valence-electron chi connectivity index (χ3n) is 2.71. The second kappa shape index (κ2) is 26.2. The number of rotatable bonds is 10. The van der Waals surface area contributed by atoms with E-state index in [-0.39, 0.29) is 40.4 Å². The smallest absolute Gasteiger partial charge is 0.861 e. The molecule has 0 unspecified atom stereocenters. The Labute approximate surface area is 197 Å². The van der Waals surface area contributed by atoms with E-state index >= 15 is 0 Å². The summed E-state index contributed by atoms with van der Waals surface area (Å²) in [5, 5.41) is 0. The summed E-state index contributed by atoms with van der Waals surface area (Å²) in [7, 11) is -10.5. The fourth-order valence-corrected chi connectivity index (χ4v) is 2.24. The molecule has 0 bridgehead atoms. The quantitative estimate of drug-likeness (QED) is 0.177. The Morgan fingerprint density at radius 1 is 0.840 bits per heavy atom. The maximum Gasteiger partial charge on any atom is 3.00 e. The molecule has 0 amide bonds. The van der Waals surface area contributed by atoms with Gasteiger partial charge in [0.2, 0.25) is 0 Å². The predicted octanol–water partition coefficient (Wildman–Crippen LogP) is -2.11. The molecule has 0 aromatic rings. The summed E-state index contributed by atoms with van der Waals surface area (Å²) in [6, 6.07) is 0. The minimum absolute atomic E-state index is 0. The summed E-state index contributed by atoms with van der Waals surface area (Å²) in [6.07, 6.45) is 14.7. The Morgan fingerprint density at radius 3 is 1.24 bits per heavy atom. The van der Waals surface area contributed by atoms with Gasteiger partial charge in [0.15, 0.2) is 0 Å².